The standard InChI is InChI=1S/C21H19NO5/c1-22(18-10-11-19(23)27-20(18)24)21(25)26-12-17-15-8-4-2-6-13(15)14-7-3-5-9-16(14)17/h2-9,17-18H,10-12H2,1H3/t18-/m0/s1. The zero-order chi connectivity index (χ0) is 19.0. The highest BCUT2D eigenvalue weighted by atomic mass is 16.6. The average Bonchev–Trinajstić information content (AvgIpc) is 2.99. The summed E-state index contributed by atoms with van der Waals surface area (Å²) >= 11 is 0. The molecule has 6 nitrogen and oxygen atoms in total. The Morgan fingerprint density at radius 3 is 2.26 bits per heavy atom. The fraction of sp³-hybridized carbons (Fsp3) is 0.286. The fourth-order valence-electron chi connectivity index (χ4n) is 3.78. The maximum Gasteiger partial charge on any atom is 0.410 e. The largest absolute Gasteiger partial charge is 0.448 e. The molecule has 1 fully saturated rings. The van der Waals surface area contributed by atoms with Crippen LogP contribution in [-0.2, 0) is 19.1 Å². The minimum atomic E-state index is -0.793. The number of amides is 1. The van der Waals surface area contributed by atoms with Gasteiger partial charge in [0.05, 0.1) is 0 Å². The number of carbonyl (C=O) groups is 3. The Morgan fingerprint density at radius 2 is 1.67 bits per heavy atom. The minimum Gasteiger partial charge on any atom is -0.448 e. The van der Waals surface area contributed by atoms with E-state index in [4.69, 9.17) is 4.74 Å². The highest BCUT2D eigenvalue weighted by Crippen LogP contribution is 2.44. The lowest BCUT2D eigenvalue weighted by atomic mass is 9.98. The Labute approximate surface area is 156 Å². The van der Waals surface area contributed by atoms with Gasteiger partial charge in [0, 0.05) is 19.4 Å². The van der Waals surface area contributed by atoms with E-state index in [9.17, 15) is 14.4 Å². The second-order valence-corrected chi connectivity index (χ2v) is 6.76. The Morgan fingerprint density at radius 1 is 1.07 bits per heavy atom. The summed E-state index contributed by atoms with van der Waals surface area (Å²) in [5.74, 6) is -1.31. The maximum atomic E-state index is 12.5. The molecular formula is C21H19NO5. The Kier molecular flexibility index (Phi) is 4.39. The smallest absolute Gasteiger partial charge is 0.410 e. The molecule has 6 heteroatoms. The number of benzene rings is 2. The van der Waals surface area contributed by atoms with Gasteiger partial charge in [-0.2, -0.15) is 0 Å². The first-order chi connectivity index (χ1) is 13.1. The molecule has 2 aliphatic rings. The van der Waals surface area contributed by atoms with Crippen LogP contribution in [0.3, 0.4) is 0 Å². The van der Waals surface area contributed by atoms with Crippen LogP contribution in [0, 0.1) is 0 Å². The molecule has 138 valence electrons. The van der Waals surface area contributed by atoms with Crippen molar-refractivity contribution < 1.29 is 23.9 Å². The third kappa shape index (κ3) is 3.07. The average molecular weight is 365 g/mol. The molecule has 27 heavy (non-hydrogen) atoms. The molecule has 2 aromatic carbocycles. The first-order valence-electron chi connectivity index (χ1n) is 8.88. The predicted molar refractivity (Wildman–Crippen MR) is 97.0 cm³/mol. The Hall–Kier alpha value is -3.15. The molecule has 2 aromatic rings. The molecule has 1 aliphatic carbocycles. The first kappa shape index (κ1) is 17.3. The summed E-state index contributed by atoms with van der Waals surface area (Å²) in [4.78, 5) is 36.7. The van der Waals surface area contributed by atoms with E-state index < -0.39 is 24.1 Å². The van der Waals surface area contributed by atoms with Crippen LogP contribution < -0.4 is 0 Å². The van der Waals surface area contributed by atoms with Crippen LogP contribution in [0.2, 0.25) is 0 Å². The topological polar surface area (TPSA) is 72.9 Å². The fourth-order valence-corrected chi connectivity index (χ4v) is 3.78. The summed E-state index contributed by atoms with van der Waals surface area (Å²) < 4.78 is 10.1. The van der Waals surface area contributed by atoms with Gasteiger partial charge in [-0.15, -0.1) is 0 Å². The SMILES string of the molecule is CN(C(=O)OCC1c2ccccc2-c2ccccc21)[C@H]1CCC(=O)OC1=O. The molecule has 0 radical (unpaired) electrons. The predicted octanol–water partition coefficient (Wildman–Crippen LogP) is 3.10. The van der Waals surface area contributed by atoms with E-state index in [0.29, 0.717) is 0 Å². The van der Waals surface area contributed by atoms with Gasteiger partial charge in [0.2, 0.25) is 0 Å². The molecule has 1 saturated heterocycles. The van der Waals surface area contributed by atoms with Crippen molar-refractivity contribution in [1.82, 2.24) is 4.90 Å². The first-order valence-corrected chi connectivity index (χ1v) is 8.88. The summed E-state index contributed by atoms with van der Waals surface area (Å²) in [6.45, 7) is 0.178. The molecule has 1 heterocycles. The highest BCUT2D eigenvalue weighted by Gasteiger charge is 2.36. The van der Waals surface area contributed by atoms with Crippen LogP contribution in [0.25, 0.3) is 11.1 Å². The van der Waals surface area contributed by atoms with Crippen molar-refractivity contribution in [3.63, 3.8) is 0 Å². The van der Waals surface area contributed by atoms with Crippen molar-refractivity contribution >= 4 is 18.0 Å². The minimum absolute atomic E-state index is 0.0466. The van der Waals surface area contributed by atoms with Crippen LogP contribution >= 0.6 is 0 Å². The van der Waals surface area contributed by atoms with Crippen LogP contribution in [0.1, 0.15) is 29.9 Å². The third-order valence-corrected chi connectivity index (χ3v) is 5.20. The Bertz CT molecular complexity index is 877. The maximum absolute atomic E-state index is 12.5. The lowest BCUT2D eigenvalue weighted by molar-refractivity contribution is -0.167. The van der Waals surface area contributed by atoms with E-state index in [1.165, 1.54) is 11.9 Å². The number of cyclic esters (lactones) is 2. The van der Waals surface area contributed by atoms with Gasteiger partial charge >= 0.3 is 18.0 Å². The molecule has 0 saturated carbocycles. The molecule has 1 amide bonds. The molecule has 4 rings (SSSR count). The van der Waals surface area contributed by atoms with Gasteiger partial charge < -0.3 is 9.47 Å². The van der Waals surface area contributed by atoms with Crippen molar-refractivity contribution in [3.8, 4) is 11.1 Å². The van der Waals surface area contributed by atoms with Crippen molar-refractivity contribution in [2.45, 2.75) is 24.8 Å². The number of ether oxygens (including phenoxy) is 2. The van der Waals surface area contributed by atoms with Crippen molar-refractivity contribution in [2.24, 2.45) is 0 Å². The van der Waals surface area contributed by atoms with Gasteiger partial charge in [0.15, 0.2) is 0 Å². The van der Waals surface area contributed by atoms with Crippen LogP contribution in [-0.4, -0.2) is 42.6 Å². The zero-order valence-corrected chi connectivity index (χ0v) is 14.9. The summed E-state index contributed by atoms with van der Waals surface area (Å²) in [6, 6.07) is 15.4. The van der Waals surface area contributed by atoms with Gasteiger partial charge in [-0.05, 0) is 28.7 Å². The number of likely N-dealkylation sites (N-methyl/N-ethyl adjacent to an activating group) is 1. The number of hydrogen-bond acceptors (Lipinski definition) is 5. The molecule has 1 atom stereocenters. The van der Waals surface area contributed by atoms with Gasteiger partial charge in [-0.3, -0.25) is 9.69 Å². The van der Waals surface area contributed by atoms with E-state index in [0.717, 1.165) is 22.3 Å². The summed E-state index contributed by atoms with van der Waals surface area (Å²) in [5, 5.41) is 0. The molecule has 0 N–H and O–H groups in total. The van der Waals surface area contributed by atoms with Gasteiger partial charge in [0.25, 0.3) is 0 Å². The van der Waals surface area contributed by atoms with E-state index in [1.807, 2.05) is 36.4 Å². The number of rotatable bonds is 3. The van der Waals surface area contributed by atoms with Crippen molar-refractivity contribution in [3.05, 3.63) is 59.7 Å². The molecule has 0 aromatic heterocycles. The van der Waals surface area contributed by atoms with Crippen molar-refractivity contribution in [2.75, 3.05) is 13.7 Å². The summed E-state index contributed by atoms with van der Waals surface area (Å²) in [6.07, 6.45) is -0.247. The number of carbonyl (C=O) groups excluding carboxylic acids is 3. The van der Waals surface area contributed by atoms with E-state index in [2.05, 4.69) is 16.9 Å². The lowest BCUT2D eigenvalue weighted by Crippen LogP contribution is -2.47. The third-order valence-electron chi connectivity index (χ3n) is 5.20. The second kappa shape index (κ2) is 6.87. The van der Waals surface area contributed by atoms with Crippen LogP contribution in [0.15, 0.2) is 48.5 Å². The van der Waals surface area contributed by atoms with Crippen LogP contribution in [0.5, 0.6) is 0 Å². The normalized spacial score (nSPS) is 18.5. The zero-order valence-electron chi connectivity index (χ0n) is 14.9. The van der Waals surface area contributed by atoms with E-state index in [-0.39, 0.29) is 25.4 Å². The molecule has 0 bridgehead atoms. The Balaban J connectivity index is 1.48. The molecule has 0 spiro atoms. The van der Waals surface area contributed by atoms with E-state index >= 15 is 0 Å². The molecule has 0 unspecified atom stereocenters. The summed E-state index contributed by atoms with van der Waals surface area (Å²) in [7, 11) is 1.49. The number of nitrogens with zero attached hydrogens (tertiary/aromatic N) is 1. The van der Waals surface area contributed by atoms with E-state index in [1.54, 1.807) is 0 Å². The summed E-state index contributed by atoms with van der Waals surface area (Å²) in [5.41, 5.74) is 4.54. The molecule has 1 aliphatic heterocycles. The van der Waals surface area contributed by atoms with Crippen LogP contribution in [0.4, 0.5) is 4.79 Å². The van der Waals surface area contributed by atoms with Gasteiger partial charge in [-0.25, -0.2) is 9.59 Å². The highest BCUT2D eigenvalue weighted by molar-refractivity contribution is 5.93. The molecular weight excluding hydrogens is 346 g/mol. The monoisotopic (exact) mass is 365 g/mol. The number of fused-ring (bicyclic) bond motifs is 3. The second-order valence-electron chi connectivity index (χ2n) is 6.76. The van der Waals surface area contributed by atoms with Crippen molar-refractivity contribution in [1.29, 1.82) is 0 Å². The number of esters is 2. The van der Waals surface area contributed by atoms with Gasteiger partial charge in [0.1, 0.15) is 12.6 Å². The number of hydrogen-bond donors (Lipinski definition) is 0. The quantitative estimate of drug-likeness (QED) is 0.617. The lowest BCUT2D eigenvalue weighted by Gasteiger charge is -2.28. The van der Waals surface area contributed by atoms with Gasteiger partial charge in [-0.1, -0.05) is 48.5 Å².